The van der Waals surface area contributed by atoms with Crippen molar-refractivity contribution in [3.63, 3.8) is 0 Å². The van der Waals surface area contributed by atoms with E-state index >= 15 is 0 Å². The fraction of sp³-hybridized carbons (Fsp3) is 0.211. The van der Waals surface area contributed by atoms with Gasteiger partial charge in [-0.05, 0) is 44.2 Å². The van der Waals surface area contributed by atoms with E-state index in [0.29, 0.717) is 6.54 Å². The minimum absolute atomic E-state index is 0.0683. The molecule has 1 heterocycles. The number of nitrogens with one attached hydrogen (secondary N) is 1. The van der Waals surface area contributed by atoms with Gasteiger partial charge < -0.3 is 10.4 Å². The molecule has 1 aromatic heterocycles. The molecule has 0 bridgehead atoms. The maximum absolute atomic E-state index is 13.1. The molecule has 0 fully saturated rings. The summed E-state index contributed by atoms with van der Waals surface area (Å²) in [6.07, 6.45) is 1.82. The zero-order valence-electron chi connectivity index (χ0n) is 13.7. The lowest BCUT2D eigenvalue weighted by atomic mass is 10.1. The van der Waals surface area contributed by atoms with Crippen LogP contribution in [0.25, 0.3) is 5.69 Å². The first-order valence-electron chi connectivity index (χ1n) is 7.87. The highest BCUT2D eigenvalue weighted by Crippen LogP contribution is 2.22. The molecule has 0 spiro atoms. The molecule has 0 aliphatic rings. The van der Waals surface area contributed by atoms with Gasteiger partial charge in [-0.1, -0.05) is 18.2 Å². The highest BCUT2D eigenvalue weighted by Gasteiger charge is 2.14. The average molecular weight is 325 g/mol. The number of nitrogens with zero attached hydrogens (tertiary/aromatic N) is 2. The number of hydrogen-bond acceptors (Lipinski definition) is 3. The van der Waals surface area contributed by atoms with Crippen molar-refractivity contribution in [2.45, 2.75) is 26.4 Å². The summed E-state index contributed by atoms with van der Waals surface area (Å²) in [5.41, 5.74) is 3.75. The second-order valence-electron chi connectivity index (χ2n) is 5.80. The zero-order valence-corrected chi connectivity index (χ0v) is 13.7. The van der Waals surface area contributed by atoms with Gasteiger partial charge in [0.1, 0.15) is 11.6 Å². The van der Waals surface area contributed by atoms with Gasteiger partial charge in [-0.3, -0.25) is 0 Å². The summed E-state index contributed by atoms with van der Waals surface area (Å²) in [6.45, 7) is 4.61. The fourth-order valence-electron chi connectivity index (χ4n) is 2.72. The lowest BCUT2D eigenvalue weighted by molar-refractivity contribution is 0.460. The Balaban J connectivity index is 1.75. The average Bonchev–Trinajstić information content (AvgIpc) is 2.96. The molecule has 2 N–H and O–H groups in total. The smallest absolute Gasteiger partial charge is 0.123 e. The molecule has 1 atom stereocenters. The third-order valence-electron chi connectivity index (χ3n) is 4.18. The van der Waals surface area contributed by atoms with E-state index in [4.69, 9.17) is 0 Å². The third kappa shape index (κ3) is 3.31. The predicted octanol–water partition coefficient (Wildman–Crippen LogP) is 3.88. The van der Waals surface area contributed by atoms with Gasteiger partial charge in [0.25, 0.3) is 0 Å². The molecule has 0 saturated carbocycles. The number of benzene rings is 2. The molecule has 0 saturated heterocycles. The van der Waals surface area contributed by atoms with Gasteiger partial charge in [-0.2, -0.15) is 5.10 Å². The minimum atomic E-state index is -0.263. The van der Waals surface area contributed by atoms with Crippen LogP contribution in [0.1, 0.15) is 29.8 Å². The van der Waals surface area contributed by atoms with E-state index in [1.807, 2.05) is 25.3 Å². The van der Waals surface area contributed by atoms with Crippen molar-refractivity contribution in [2.75, 3.05) is 0 Å². The second kappa shape index (κ2) is 6.84. The molecule has 5 heteroatoms. The van der Waals surface area contributed by atoms with E-state index in [1.165, 1.54) is 12.1 Å². The Labute approximate surface area is 140 Å². The second-order valence-corrected chi connectivity index (χ2v) is 5.80. The molecular weight excluding hydrogens is 305 g/mol. The first-order chi connectivity index (χ1) is 11.6. The molecule has 3 aromatic rings. The summed E-state index contributed by atoms with van der Waals surface area (Å²) in [6, 6.07) is 13.6. The fourth-order valence-corrected chi connectivity index (χ4v) is 2.72. The maximum atomic E-state index is 13.1. The molecule has 0 radical (unpaired) electrons. The van der Waals surface area contributed by atoms with Crippen LogP contribution in [-0.2, 0) is 6.54 Å². The van der Waals surface area contributed by atoms with Crippen LogP contribution in [-0.4, -0.2) is 14.9 Å². The summed E-state index contributed by atoms with van der Waals surface area (Å²) in [4.78, 5) is 0. The molecule has 1 unspecified atom stereocenters. The van der Waals surface area contributed by atoms with Crippen molar-refractivity contribution in [1.29, 1.82) is 0 Å². The summed E-state index contributed by atoms with van der Waals surface area (Å²) in [5, 5.41) is 17.6. The van der Waals surface area contributed by atoms with Gasteiger partial charge in [0.15, 0.2) is 0 Å². The normalized spacial score (nSPS) is 12.3. The Hall–Kier alpha value is -2.66. The zero-order chi connectivity index (χ0) is 17.1. The minimum Gasteiger partial charge on any atom is -0.508 e. The van der Waals surface area contributed by atoms with Crippen molar-refractivity contribution in [1.82, 2.24) is 15.1 Å². The highest BCUT2D eigenvalue weighted by atomic mass is 19.1. The van der Waals surface area contributed by atoms with Crippen molar-refractivity contribution in [3.8, 4) is 11.4 Å². The van der Waals surface area contributed by atoms with Crippen LogP contribution in [0.5, 0.6) is 5.75 Å². The van der Waals surface area contributed by atoms with Crippen LogP contribution in [0.2, 0.25) is 0 Å². The summed E-state index contributed by atoms with van der Waals surface area (Å²) in [5.74, 6) is 0.0254. The van der Waals surface area contributed by atoms with E-state index < -0.39 is 0 Å². The third-order valence-corrected chi connectivity index (χ3v) is 4.18. The molecular formula is C19H20FN3O. The molecule has 0 aliphatic carbocycles. The van der Waals surface area contributed by atoms with Gasteiger partial charge in [0, 0.05) is 29.4 Å². The number of halogens is 1. The Morgan fingerprint density at radius 3 is 2.58 bits per heavy atom. The maximum Gasteiger partial charge on any atom is 0.123 e. The number of rotatable bonds is 5. The van der Waals surface area contributed by atoms with Gasteiger partial charge >= 0.3 is 0 Å². The van der Waals surface area contributed by atoms with E-state index in [2.05, 4.69) is 17.3 Å². The number of hydrogen-bond donors (Lipinski definition) is 2. The Kier molecular flexibility index (Phi) is 4.62. The first kappa shape index (κ1) is 16.2. The summed E-state index contributed by atoms with van der Waals surface area (Å²) in [7, 11) is 0. The summed E-state index contributed by atoms with van der Waals surface area (Å²) >= 11 is 0. The monoisotopic (exact) mass is 325 g/mol. The molecule has 3 rings (SSSR count). The van der Waals surface area contributed by atoms with Gasteiger partial charge in [-0.15, -0.1) is 0 Å². The molecule has 2 aromatic carbocycles. The quantitative estimate of drug-likeness (QED) is 0.748. The van der Waals surface area contributed by atoms with Crippen LogP contribution in [0.3, 0.4) is 0 Å². The van der Waals surface area contributed by atoms with Crippen LogP contribution in [0.4, 0.5) is 4.39 Å². The molecule has 0 amide bonds. The lowest BCUT2D eigenvalue weighted by Gasteiger charge is -2.15. The van der Waals surface area contributed by atoms with Crippen molar-refractivity contribution in [2.24, 2.45) is 0 Å². The van der Waals surface area contributed by atoms with Gasteiger partial charge in [0.05, 0.1) is 11.9 Å². The number of aromatic nitrogens is 2. The number of phenolic OH excluding ortho intramolecular Hbond substituents is 1. The van der Waals surface area contributed by atoms with Gasteiger partial charge in [-0.25, -0.2) is 9.07 Å². The highest BCUT2D eigenvalue weighted by molar-refractivity contribution is 5.36. The van der Waals surface area contributed by atoms with Crippen molar-refractivity contribution >= 4 is 0 Å². The van der Waals surface area contributed by atoms with Crippen LogP contribution in [0, 0.1) is 12.7 Å². The standard InChI is InChI=1S/C19H20FN3O/c1-13(21-11-15-5-3-4-6-19(15)24)18-12-22-23(14(18)2)17-9-7-16(20)8-10-17/h3-10,12-13,21,24H,11H2,1-2H3. The van der Waals surface area contributed by atoms with Crippen LogP contribution in [0.15, 0.2) is 54.7 Å². The molecule has 0 aliphatic heterocycles. The molecule has 4 nitrogen and oxygen atoms in total. The van der Waals surface area contributed by atoms with Gasteiger partial charge in [0.2, 0.25) is 0 Å². The Bertz CT molecular complexity index is 827. The number of aromatic hydroxyl groups is 1. The SMILES string of the molecule is Cc1c(C(C)NCc2ccccc2O)cnn1-c1ccc(F)cc1. The topological polar surface area (TPSA) is 50.1 Å². The summed E-state index contributed by atoms with van der Waals surface area (Å²) < 4.78 is 14.9. The van der Waals surface area contributed by atoms with E-state index in [-0.39, 0.29) is 17.6 Å². The molecule has 24 heavy (non-hydrogen) atoms. The van der Waals surface area contributed by atoms with Crippen LogP contribution < -0.4 is 5.32 Å². The van der Waals surface area contributed by atoms with Crippen LogP contribution >= 0.6 is 0 Å². The largest absolute Gasteiger partial charge is 0.508 e. The lowest BCUT2D eigenvalue weighted by Crippen LogP contribution is -2.18. The Morgan fingerprint density at radius 2 is 1.88 bits per heavy atom. The van der Waals surface area contributed by atoms with E-state index in [1.54, 1.807) is 28.9 Å². The predicted molar refractivity (Wildman–Crippen MR) is 91.6 cm³/mol. The first-order valence-corrected chi connectivity index (χ1v) is 7.87. The van der Waals surface area contributed by atoms with Crippen molar-refractivity contribution < 1.29 is 9.50 Å². The Morgan fingerprint density at radius 1 is 1.17 bits per heavy atom. The number of phenols is 1. The number of para-hydroxylation sites is 1. The van der Waals surface area contributed by atoms with Crippen molar-refractivity contribution in [3.05, 3.63) is 77.4 Å². The van der Waals surface area contributed by atoms with E-state index in [0.717, 1.165) is 22.5 Å². The van der Waals surface area contributed by atoms with E-state index in [9.17, 15) is 9.50 Å². The molecule has 124 valence electrons.